The van der Waals surface area contributed by atoms with Gasteiger partial charge >= 0.3 is 0 Å². The summed E-state index contributed by atoms with van der Waals surface area (Å²) in [5.74, 6) is -0.156. The number of nitrogens with zero attached hydrogens (tertiary/aromatic N) is 2. The Morgan fingerprint density at radius 2 is 1.94 bits per heavy atom. The molecule has 2 aromatic carbocycles. The molecule has 0 spiro atoms. The number of hydrogen-bond donors (Lipinski definition) is 0. The Balaban J connectivity index is 2.49. The van der Waals surface area contributed by atoms with Crippen LogP contribution in [0.4, 0.5) is 5.69 Å². The molecule has 0 saturated heterocycles. The number of anilines is 1. The molecule has 1 unspecified atom stereocenters. The average Bonchev–Trinajstić information content (AvgIpc) is 2.62. The minimum Gasteiger partial charge on any atom is -0.313 e. The number of rotatable bonds is 0. The summed E-state index contributed by atoms with van der Waals surface area (Å²) in [5, 5.41) is 11.5. The number of carbonyl (C=O) groups is 1. The molecular formula is C15H12N2O. The van der Waals surface area contributed by atoms with Crippen LogP contribution in [-0.4, -0.2) is 13.0 Å². The first-order chi connectivity index (χ1) is 8.59. The van der Waals surface area contributed by atoms with Crippen molar-refractivity contribution in [2.45, 2.75) is 12.3 Å². The number of benzene rings is 2. The Morgan fingerprint density at radius 1 is 1.22 bits per heavy atom. The second kappa shape index (κ2) is 3.33. The number of carbonyl (C=O) groups excluding carboxylic acids is 1. The maximum absolute atomic E-state index is 12.3. The summed E-state index contributed by atoms with van der Waals surface area (Å²) in [6.07, 6.45) is 0. The number of fused-ring (bicyclic) bond motifs is 3. The highest BCUT2D eigenvalue weighted by Crippen LogP contribution is 2.44. The maximum atomic E-state index is 12.3. The van der Waals surface area contributed by atoms with Crippen LogP contribution in [0.1, 0.15) is 12.5 Å². The third-order valence-corrected chi connectivity index (χ3v) is 3.72. The van der Waals surface area contributed by atoms with Crippen LogP contribution in [0.15, 0.2) is 36.4 Å². The Kier molecular flexibility index (Phi) is 2.00. The molecule has 88 valence electrons. The number of likely N-dealkylation sites (N-methyl/N-ethyl adjacent to an activating group) is 1. The number of nitriles is 1. The Hall–Kier alpha value is -2.34. The van der Waals surface area contributed by atoms with E-state index < -0.39 is 5.41 Å². The normalized spacial score (nSPS) is 22.1. The fourth-order valence-corrected chi connectivity index (χ4v) is 2.72. The zero-order valence-corrected chi connectivity index (χ0v) is 10.3. The van der Waals surface area contributed by atoms with Gasteiger partial charge in [-0.15, -0.1) is 0 Å². The van der Waals surface area contributed by atoms with E-state index in [2.05, 4.69) is 6.07 Å². The monoisotopic (exact) mass is 236 g/mol. The molecule has 0 N–H and O–H groups in total. The van der Waals surface area contributed by atoms with Crippen LogP contribution < -0.4 is 4.90 Å². The van der Waals surface area contributed by atoms with Crippen LogP contribution in [0.2, 0.25) is 0 Å². The van der Waals surface area contributed by atoms with Gasteiger partial charge in [0.25, 0.3) is 5.91 Å². The lowest BCUT2D eigenvalue weighted by Crippen LogP contribution is -2.34. The quantitative estimate of drug-likeness (QED) is 0.705. The SMILES string of the molecule is CN1C(=O)C(C)(C#N)c2c1ccc1ccccc21. The fraction of sp³-hybridized carbons (Fsp3) is 0.200. The van der Waals surface area contributed by atoms with Gasteiger partial charge in [-0.1, -0.05) is 30.3 Å². The van der Waals surface area contributed by atoms with Crippen LogP contribution in [0.3, 0.4) is 0 Å². The van der Waals surface area contributed by atoms with E-state index in [0.29, 0.717) is 0 Å². The Morgan fingerprint density at radius 3 is 2.67 bits per heavy atom. The van der Waals surface area contributed by atoms with Crippen molar-refractivity contribution in [3.05, 3.63) is 42.0 Å². The van der Waals surface area contributed by atoms with Gasteiger partial charge in [-0.25, -0.2) is 0 Å². The second-order valence-corrected chi connectivity index (χ2v) is 4.78. The summed E-state index contributed by atoms with van der Waals surface area (Å²) >= 11 is 0. The lowest BCUT2D eigenvalue weighted by atomic mass is 9.82. The van der Waals surface area contributed by atoms with E-state index in [1.165, 1.54) is 0 Å². The Labute approximate surface area is 105 Å². The zero-order chi connectivity index (χ0) is 12.9. The molecule has 0 fully saturated rings. The topological polar surface area (TPSA) is 44.1 Å². The van der Waals surface area contributed by atoms with Crippen LogP contribution in [0.5, 0.6) is 0 Å². The van der Waals surface area contributed by atoms with Crippen molar-refractivity contribution in [1.82, 2.24) is 0 Å². The third kappa shape index (κ3) is 1.10. The van der Waals surface area contributed by atoms with Gasteiger partial charge in [0, 0.05) is 18.3 Å². The molecule has 18 heavy (non-hydrogen) atoms. The molecular weight excluding hydrogens is 224 g/mol. The van der Waals surface area contributed by atoms with Crippen molar-refractivity contribution in [1.29, 1.82) is 5.26 Å². The predicted molar refractivity (Wildman–Crippen MR) is 70.3 cm³/mol. The van der Waals surface area contributed by atoms with Crippen molar-refractivity contribution in [2.24, 2.45) is 0 Å². The average molecular weight is 236 g/mol. The van der Waals surface area contributed by atoms with Crippen molar-refractivity contribution < 1.29 is 4.79 Å². The molecule has 1 atom stereocenters. The first-order valence-corrected chi connectivity index (χ1v) is 5.81. The minimum absolute atomic E-state index is 0.156. The molecule has 3 heteroatoms. The molecule has 2 aromatic rings. The maximum Gasteiger partial charge on any atom is 0.251 e. The van der Waals surface area contributed by atoms with Gasteiger partial charge in [0.15, 0.2) is 5.41 Å². The highest BCUT2D eigenvalue weighted by atomic mass is 16.2. The van der Waals surface area contributed by atoms with Crippen molar-refractivity contribution >= 4 is 22.4 Å². The van der Waals surface area contributed by atoms with Crippen LogP contribution in [0, 0.1) is 11.3 Å². The smallest absolute Gasteiger partial charge is 0.251 e. The standard InChI is InChI=1S/C15H12N2O/c1-15(9-16)13-11-6-4-3-5-10(11)7-8-12(13)17(2)14(15)18/h3-8H,1-2H3. The largest absolute Gasteiger partial charge is 0.313 e. The van der Waals surface area contributed by atoms with Crippen LogP contribution >= 0.6 is 0 Å². The summed E-state index contributed by atoms with van der Waals surface area (Å²) in [7, 11) is 1.72. The highest BCUT2D eigenvalue weighted by Gasteiger charge is 2.47. The fourth-order valence-electron chi connectivity index (χ4n) is 2.72. The van der Waals surface area contributed by atoms with E-state index in [4.69, 9.17) is 0 Å². The molecule has 1 amide bonds. The molecule has 1 aliphatic heterocycles. The van der Waals surface area contributed by atoms with E-state index >= 15 is 0 Å². The van der Waals surface area contributed by atoms with Gasteiger partial charge in [0.2, 0.25) is 0 Å². The van der Waals surface area contributed by atoms with E-state index in [9.17, 15) is 10.1 Å². The molecule has 3 rings (SSSR count). The van der Waals surface area contributed by atoms with Gasteiger partial charge in [-0.2, -0.15) is 5.26 Å². The van der Waals surface area contributed by atoms with Gasteiger partial charge in [0.05, 0.1) is 6.07 Å². The second-order valence-electron chi connectivity index (χ2n) is 4.78. The summed E-state index contributed by atoms with van der Waals surface area (Å²) in [6, 6.07) is 13.9. The minimum atomic E-state index is -1.08. The van der Waals surface area contributed by atoms with Gasteiger partial charge in [0.1, 0.15) is 0 Å². The molecule has 0 saturated carbocycles. The van der Waals surface area contributed by atoms with E-state index in [-0.39, 0.29) is 5.91 Å². The third-order valence-electron chi connectivity index (χ3n) is 3.72. The van der Waals surface area contributed by atoms with Crippen molar-refractivity contribution in [3.8, 4) is 6.07 Å². The first kappa shape index (κ1) is 10.8. The van der Waals surface area contributed by atoms with E-state index in [1.54, 1.807) is 18.9 Å². The summed E-state index contributed by atoms with van der Waals surface area (Å²) < 4.78 is 0. The van der Waals surface area contributed by atoms with Crippen molar-refractivity contribution in [3.63, 3.8) is 0 Å². The molecule has 0 radical (unpaired) electrons. The number of hydrogen-bond acceptors (Lipinski definition) is 2. The summed E-state index contributed by atoms with van der Waals surface area (Å²) in [5.41, 5.74) is 0.587. The highest BCUT2D eigenvalue weighted by molar-refractivity contribution is 6.14. The summed E-state index contributed by atoms with van der Waals surface area (Å²) in [6.45, 7) is 1.70. The Bertz CT molecular complexity index is 714. The van der Waals surface area contributed by atoms with E-state index in [0.717, 1.165) is 22.0 Å². The predicted octanol–water partition coefficient (Wildman–Crippen LogP) is 2.60. The van der Waals surface area contributed by atoms with Crippen LogP contribution in [0.25, 0.3) is 10.8 Å². The van der Waals surface area contributed by atoms with Gasteiger partial charge in [-0.3, -0.25) is 4.79 Å². The summed E-state index contributed by atoms with van der Waals surface area (Å²) in [4.78, 5) is 13.8. The van der Waals surface area contributed by atoms with Gasteiger partial charge < -0.3 is 4.90 Å². The van der Waals surface area contributed by atoms with E-state index in [1.807, 2.05) is 36.4 Å². The first-order valence-electron chi connectivity index (χ1n) is 5.81. The van der Waals surface area contributed by atoms with Crippen LogP contribution in [-0.2, 0) is 10.2 Å². The molecule has 3 nitrogen and oxygen atoms in total. The number of amides is 1. The molecule has 0 aromatic heterocycles. The molecule has 0 bridgehead atoms. The van der Waals surface area contributed by atoms with Gasteiger partial charge in [-0.05, 0) is 23.8 Å². The van der Waals surface area contributed by atoms with Crippen molar-refractivity contribution in [2.75, 3.05) is 11.9 Å². The lowest BCUT2D eigenvalue weighted by Gasteiger charge is -2.14. The lowest BCUT2D eigenvalue weighted by molar-refractivity contribution is -0.120. The molecule has 0 aliphatic carbocycles. The zero-order valence-electron chi connectivity index (χ0n) is 10.3. The molecule has 1 heterocycles. The molecule has 1 aliphatic rings.